The van der Waals surface area contributed by atoms with Gasteiger partial charge in [0, 0.05) is 17.0 Å². The van der Waals surface area contributed by atoms with Crippen LogP contribution in [0.3, 0.4) is 0 Å². The molecule has 2 aromatic rings. The fourth-order valence-corrected chi connectivity index (χ4v) is 5.65. The fraction of sp³-hybridized carbons (Fsp3) is 0.444. The van der Waals surface area contributed by atoms with Crippen molar-refractivity contribution < 1.29 is 4.79 Å². The number of fused-ring (bicyclic) bond motifs is 3. The fourth-order valence-electron chi connectivity index (χ4n) is 3.77. The number of carbonyl (C=O) groups excluding carboxylic acids is 1. The summed E-state index contributed by atoms with van der Waals surface area (Å²) < 4.78 is 1.05. The van der Waals surface area contributed by atoms with Crippen LogP contribution in [0.1, 0.15) is 29.6 Å². The molecule has 5 rings (SSSR count). The Morgan fingerprint density at radius 2 is 2.04 bits per heavy atom. The van der Waals surface area contributed by atoms with Crippen molar-refractivity contribution in [2.45, 2.75) is 41.0 Å². The molecule has 3 aliphatic rings. The number of hydrogen-bond acceptors (Lipinski definition) is 5. The van der Waals surface area contributed by atoms with Crippen LogP contribution in [0.25, 0.3) is 0 Å². The van der Waals surface area contributed by atoms with Crippen molar-refractivity contribution >= 4 is 29.0 Å². The average molecular weight is 360 g/mol. The van der Waals surface area contributed by atoms with E-state index in [-0.39, 0.29) is 11.9 Å². The molecule has 4 heterocycles. The number of aromatic nitrogens is 1. The Balaban J connectivity index is 1.42. The Morgan fingerprint density at radius 1 is 1.29 bits per heavy atom. The highest BCUT2D eigenvalue weighted by Gasteiger charge is 2.40. The van der Waals surface area contributed by atoms with E-state index in [1.807, 2.05) is 18.2 Å². The summed E-state index contributed by atoms with van der Waals surface area (Å²) in [6.07, 6.45) is 4.20. The lowest BCUT2D eigenvalue weighted by atomic mass is 9.79. The summed E-state index contributed by atoms with van der Waals surface area (Å²) in [5.74, 6) is 0.595. The van der Waals surface area contributed by atoms with Crippen molar-refractivity contribution in [3.63, 3.8) is 0 Å². The molecule has 3 fully saturated rings. The van der Waals surface area contributed by atoms with Crippen molar-refractivity contribution in [2.75, 3.05) is 13.1 Å². The molecule has 2 atom stereocenters. The minimum absolute atomic E-state index is 0.0227. The van der Waals surface area contributed by atoms with Gasteiger partial charge in [-0.1, -0.05) is 30.0 Å². The molecule has 0 radical (unpaired) electrons. The quantitative estimate of drug-likeness (QED) is 0.907. The molecule has 0 saturated carbocycles. The zero-order valence-electron chi connectivity index (χ0n) is 13.6. The molecule has 2 bridgehead atoms. The first-order valence-electron chi connectivity index (χ1n) is 8.44. The van der Waals surface area contributed by atoms with Crippen molar-refractivity contribution in [3.8, 4) is 0 Å². The second kappa shape index (κ2) is 6.86. The Hall–Kier alpha value is -1.37. The number of nitrogens with one attached hydrogen (secondary N) is 1. The number of nitrogens with zero attached hydrogens (tertiary/aromatic N) is 2. The molecule has 0 spiro atoms. The molecular weight excluding hydrogens is 338 g/mol. The van der Waals surface area contributed by atoms with Gasteiger partial charge in [0.15, 0.2) is 5.01 Å². The molecular formula is C18H21N3OS2. The second-order valence-electron chi connectivity index (χ2n) is 6.51. The van der Waals surface area contributed by atoms with Crippen molar-refractivity contribution in [3.05, 3.63) is 41.5 Å². The first kappa shape index (κ1) is 16.1. The first-order chi connectivity index (χ1) is 11.7. The van der Waals surface area contributed by atoms with E-state index in [2.05, 4.69) is 34.3 Å². The summed E-state index contributed by atoms with van der Waals surface area (Å²) in [7, 11) is 0. The summed E-state index contributed by atoms with van der Waals surface area (Å²) >= 11 is 3.12. The van der Waals surface area contributed by atoms with E-state index >= 15 is 0 Å². The largest absolute Gasteiger partial charge is 0.345 e. The van der Waals surface area contributed by atoms with E-state index in [4.69, 9.17) is 0 Å². The highest BCUT2D eigenvalue weighted by molar-refractivity contribution is 8.01. The number of rotatable bonds is 4. The molecule has 24 heavy (non-hydrogen) atoms. The normalized spacial score (nSPS) is 28.7. The molecule has 6 heteroatoms. The van der Waals surface area contributed by atoms with Gasteiger partial charge in [-0.3, -0.25) is 9.69 Å². The predicted octanol–water partition coefficient (Wildman–Crippen LogP) is 3.51. The number of thiazole rings is 1. The van der Waals surface area contributed by atoms with Crippen LogP contribution in [-0.4, -0.2) is 41.0 Å². The van der Waals surface area contributed by atoms with Crippen molar-refractivity contribution in [1.29, 1.82) is 0 Å². The van der Waals surface area contributed by atoms with Crippen LogP contribution in [-0.2, 0) is 0 Å². The predicted molar refractivity (Wildman–Crippen MR) is 97.7 cm³/mol. The minimum atomic E-state index is -0.0227. The third-order valence-corrected chi connectivity index (χ3v) is 7.22. The Kier molecular flexibility index (Phi) is 4.61. The topological polar surface area (TPSA) is 45.2 Å². The van der Waals surface area contributed by atoms with E-state index in [9.17, 15) is 4.79 Å². The lowest BCUT2D eigenvalue weighted by Gasteiger charge is -2.49. The smallest absolute Gasteiger partial charge is 0.280 e. The van der Waals surface area contributed by atoms with Gasteiger partial charge in [0.25, 0.3) is 5.91 Å². The summed E-state index contributed by atoms with van der Waals surface area (Å²) in [4.78, 5) is 20.6. The van der Waals surface area contributed by atoms with E-state index in [1.54, 1.807) is 18.0 Å². The van der Waals surface area contributed by atoms with Crippen LogP contribution in [0, 0.1) is 5.92 Å². The van der Waals surface area contributed by atoms with Gasteiger partial charge in [0.1, 0.15) is 0 Å². The van der Waals surface area contributed by atoms with Gasteiger partial charge in [-0.2, -0.15) is 0 Å². The van der Waals surface area contributed by atoms with E-state index in [0.29, 0.717) is 17.0 Å². The van der Waals surface area contributed by atoms with Gasteiger partial charge in [0.05, 0.1) is 10.4 Å². The van der Waals surface area contributed by atoms with Gasteiger partial charge >= 0.3 is 0 Å². The number of piperidine rings is 3. The van der Waals surface area contributed by atoms with Crippen molar-refractivity contribution in [1.82, 2.24) is 15.2 Å². The van der Waals surface area contributed by atoms with Gasteiger partial charge in [0.2, 0.25) is 0 Å². The summed E-state index contributed by atoms with van der Waals surface area (Å²) in [6.45, 7) is 4.58. The third kappa shape index (κ3) is 3.23. The van der Waals surface area contributed by atoms with Crippen LogP contribution < -0.4 is 5.32 Å². The molecule has 1 aromatic carbocycles. The second-order valence-corrected chi connectivity index (χ2v) is 8.92. The van der Waals surface area contributed by atoms with Gasteiger partial charge in [-0.25, -0.2) is 4.98 Å². The number of carbonyl (C=O) groups is 1. The van der Waals surface area contributed by atoms with Crippen molar-refractivity contribution in [2.24, 2.45) is 5.92 Å². The Morgan fingerprint density at radius 3 is 2.75 bits per heavy atom. The highest BCUT2D eigenvalue weighted by atomic mass is 32.2. The number of hydrogen-bond donors (Lipinski definition) is 1. The molecule has 1 amide bonds. The SMILES string of the molecule is CC1C(NC(=O)c2ncc(Sc3ccccc3)s2)C2CCN1CC2. The first-order valence-corrected chi connectivity index (χ1v) is 10.1. The van der Waals surface area contributed by atoms with E-state index < -0.39 is 0 Å². The van der Waals surface area contributed by atoms with E-state index in [1.165, 1.54) is 42.2 Å². The Labute approximate surface area is 150 Å². The van der Waals surface area contributed by atoms with E-state index in [0.717, 1.165) is 4.21 Å². The van der Waals surface area contributed by atoms with Gasteiger partial charge in [-0.15, -0.1) is 11.3 Å². The molecule has 126 valence electrons. The zero-order valence-corrected chi connectivity index (χ0v) is 15.3. The summed E-state index contributed by atoms with van der Waals surface area (Å²) in [5.41, 5.74) is 0. The van der Waals surface area contributed by atoms with Crippen LogP contribution >= 0.6 is 23.1 Å². The molecule has 1 aromatic heterocycles. The number of amides is 1. The lowest BCUT2D eigenvalue weighted by molar-refractivity contribution is 0.0217. The summed E-state index contributed by atoms with van der Waals surface area (Å²) in [5, 5.41) is 3.82. The maximum Gasteiger partial charge on any atom is 0.280 e. The van der Waals surface area contributed by atoms with Crippen LogP contribution in [0.2, 0.25) is 0 Å². The monoisotopic (exact) mass is 359 g/mol. The maximum absolute atomic E-state index is 12.6. The number of benzene rings is 1. The average Bonchev–Trinajstić information content (AvgIpc) is 3.08. The Bertz CT molecular complexity index is 708. The molecule has 4 nitrogen and oxygen atoms in total. The lowest BCUT2D eigenvalue weighted by Crippen LogP contribution is -2.62. The van der Waals surface area contributed by atoms with Crippen LogP contribution in [0.4, 0.5) is 0 Å². The third-order valence-electron chi connectivity index (χ3n) is 5.12. The molecule has 2 unspecified atom stereocenters. The molecule has 3 saturated heterocycles. The minimum Gasteiger partial charge on any atom is -0.345 e. The molecule has 3 aliphatic heterocycles. The highest BCUT2D eigenvalue weighted by Crippen LogP contribution is 2.34. The van der Waals surface area contributed by atoms with Gasteiger partial charge in [-0.05, 0) is 50.9 Å². The zero-order chi connectivity index (χ0) is 16.5. The van der Waals surface area contributed by atoms with Crippen LogP contribution in [0.15, 0.2) is 45.6 Å². The molecule has 1 N–H and O–H groups in total. The standard InChI is InChI=1S/C18H21N3OS2/c1-12-16(13-7-9-21(12)10-8-13)20-17(22)18-19-11-15(24-18)23-14-5-3-2-4-6-14/h2-6,11-13,16H,7-10H2,1H3,(H,20,22). The molecule has 0 aliphatic carbocycles. The van der Waals surface area contributed by atoms with Gasteiger partial charge < -0.3 is 5.32 Å². The summed E-state index contributed by atoms with van der Waals surface area (Å²) in [6, 6.07) is 10.9. The van der Waals surface area contributed by atoms with Crippen LogP contribution in [0.5, 0.6) is 0 Å². The maximum atomic E-state index is 12.6.